The Morgan fingerprint density at radius 3 is 1.66 bits per heavy atom. The molecule has 4 aromatic rings. The first-order valence-corrected chi connectivity index (χ1v) is 12.6. The Kier molecular flexibility index (Phi) is 6.80. The number of hydrogen-bond acceptors (Lipinski definition) is 2. The van der Waals surface area contributed by atoms with E-state index in [1.807, 2.05) is 24.3 Å². The van der Waals surface area contributed by atoms with Crippen LogP contribution in [0, 0.1) is 10.1 Å². The van der Waals surface area contributed by atoms with Gasteiger partial charge in [0.2, 0.25) is 0 Å². The molecule has 0 fully saturated rings. The summed E-state index contributed by atoms with van der Waals surface area (Å²) in [5.41, 5.74) is 0.559. The first kappa shape index (κ1) is 22.0. The van der Waals surface area contributed by atoms with Crippen LogP contribution in [0.25, 0.3) is 6.08 Å². The zero-order chi connectivity index (χ0) is 22.4. The number of rotatable bonds is 7. The average molecular weight is 459 g/mol. The van der Waals surface area contributed by atoms with E-state index in [4.69, 9.17) is 11.6 Å². The van der Waals surface area contributed by atoms with Crippen LogP contribution in [-0.2, 0) is 0 Å². The van der Waals surface area contributed by atoms with Crippen molar-refractivity contribution >= 4 is 46.5 Å². The maximum atomic E-state index is 11.5. The molecule has 158 valence electrons. The summed E-state index contributed by atoms with van der Waals surface area (Å²) in [5, 5.41) is 15.7. The van der Waals surface area contributed by atoms with Gasteiger partial charge in [-0.2, -0.15) is 0 Å². The molecular weight excluding hydrogens is 437 g/mol. The fraction of sp³-hybridized carbons (Fsp3) is 0.0370. The predicted octanol–water partition coefficient (Wildman–Crippen LogP) is 6.26. The average Bonchev–Trinajstić information content (AvgIpc) is 2.84. The van der Waals surface area contributed by atoms with Crippen molar-refractivity contribution in [3.05, 3.63) is 136 Å². The van der Waals surface area contributed by atoms with E-state index in [1.54, 1.807) is 12.1 Å². The molecule has 0 saturated heterocycles. The van der Waals surface area contributed by atoms with Gasteiger partial charge in [0.1, 0.15) is 23.2 Å². The zero-order valence-corrected chi connectivity index (χ0v) is 19.0. The maximum absolute atomic E-state index is 11.5. The smallest absolute Gasteiger partial charge is 0.258 e. The van der Waals surface area contributed by atoms with Gasteiger partial charge in [0.05, 0.1) is 16.6 Å². The van der Waals surface area contributed by atoms with Crippen molar-refractivity contribution in [2.45, 2.75) is 0 Å². The molecule has 0 aliphatic rings. The Balaban J connectivity index is 1.86. The molecule has 32 heavy (non-hydrogen) atoms. The first-order valence-electron chi connectivity index (χ1n) is 10.3. The van der Waals surface area contributed by atoms with E-state index in [2.05, 4.69) is 78.9 Å². The summed E-state index contributed by atoms with van der Waals surface area (Å²) in [7, 11) is -2.02. The summed E-state index contributed by atoms with van der Waals surface area (Å²) < 4.78 is 0. The van der Waals surface area contributed by atoms with Crippen molar-refractivity contribution < 1.29 is 4.92 Å². The largest absolute Gasteiger partial charge is 0.278 e. The third kappa shape index (κ3) is 4.50. The summed E-state index contributed by atoms with van der Waals surface area (Å²) in [4.78, 5) is 11.1. The number of allylic oxidation sites excluding steroid dienone is 1. The van der Waals surface area contributed by atoms with Gasteiger partial charge >= 0.3 is 0 Å². The molecule has 0 aliphatic heterocycles. The van der Waals surface area contributed by atoms with Gasteiger partial charge in [-0.3, -0.25) is 10.1 Å². The van der Waals surface area contributed by atoms with Crippen molar-refractivity contribution in [2.24, 2.45) is 0 Å². The lowest BCUT2D eigenvalue weighted by molar-refractivity contribution is -0.385. The van der Waals surface area contributed by atoms with Crippen LogP contribution in [-0.4, -0.2) is 11.1 Å². The van der Waals surface area contributed by atoms with Crippen LogP contribution >= 0.6 is 18.9 Å². The zero-order valence-electron chi connectivity index (χ0n) is 17.3. The molecule has 0 radical (unpaired) electrons. The Bertz CT molecular complexity index is 1130. The van der Waals surface area contributed by atoms with E-state index >= 15 is 0 Å². The second-order valence-electron chi connectivity index (χ2n) is 7.36. The number of hydrogen-bond donors (Lipinski definition) is 0. The number of nitrogens with zero attached hydrogens (tertiary/aromatic N) is 1. The molecule has 0 aliphatic carbocycles. The monoisotopic (exact) mass is 458 g/mol. The maximum Gasteiger partial charge on any atom is 0.278 e. The van der Waals surface area contributed by atoms with Gasteiger partial charge in [-0.15, -0.1) is 0 Å². The lowest BCUT2D eigenvalue weighted by Crippen LogP contribution is -2.32. The van der Waals surface area contributed by atoms with Crippen molar-refractivity contribution in [1.29, 1.82) is 0 Å². The van der Waals surface area contributed by atoms with Crippen molar-refractivity contribution in [1.82, 2.24) is 0 Å². The summed E-state index contributed by atoms with van der Waals surface area (Å²) in [6.45, 7) is 0. The standard InChI is InChI=1S/C27H22ClNO2P/c28-23-19-18-22(27(21-23)29(30)31)11-10-20-32(24-12-4-1-5-13-24,25-14-6-2-7-15-25)26-16-8-3-9-17-26/h1-19,21H,20H2/q+1/b11-10-. The Morgan fingerprint density at radius 1 is 0.750 bits per heavy atom. The highest BCUT2D eigenvalue weighted by Crippen LogP contribution is 2.55. The molecule has 0 unspecified atom stereocenters. The first-order chi connectivity index (χ1) is 15.6. The molecule has 3 nitrogen and oxygen atoms in total. The molecule has 0 saturated carbocycles. The highest BCUT2D eigenvalue weighted by Gasteiger charge is 2.44. The van der Waals surface area contributed by atoms with Crippen LogP contribution in [0.2, 0.25) is 5.02 Å². The number of halogens is 1. The van der Waals surface area contributed by atoms with Crippen LogP contribution in [0.5, 0.6) is 0 Å². The van der Waals surface area contributed by atoms with Crippen LogP contribution < -0.4 is 15.9 Å². The summed E-state index contributed by atoms with van der Waals surface area (Å²) in [6.07, 6.45) is 4.65. The minimum atomic E-state index is -2.02. The van der Waals surface area contributed by atoms with Crippen molar-refractivity contribution in [3.63, 3.8) is 0 Å². The summed E-state index contributed by atoms with van der Waals surface area (Å²) in [6, 6.07) is 36.4. The van der Waals surface area contributed by atoms with Crippen LogP contribution in [0.4, 0.5) is 5.69 Å². The van der Waals surface area contributed by atoms with Crippen molar-refractivity contribution in [3.8, 4) is 0 Å². The topological polar surface area (TPSA) is 43.1 Å². The highest BCUT2D eigenvalue weighted by atomic mass is 35.5. The Morgan fingerprint density at radius 2 is 1.22 bits per heavy atom. The van der Waals surface area contributed by atoms with Gasteiger partial charge in [-0.05, 0) is 60.7 Å². The Hall–Kier alpha value is -3.26. The molecule has 4 rings (SSSR count). The highest BCUT2D eigenvalue weighted by molar-refractivity contribution is 7.95. The minimum Gasteiger partial charge on any atom is -0.258 e. The molecule has 0 aromatic heterocycles. The molecule has 0 bridgehead atoms. The van der Waals surface area contributed by atoms with Gasteiger partial charge in [-0.25, -0.2) is 0 Å². The second-order valence-corrected chi connectivity index (χ2v) is 11.3. The summed E-state index contributed by atoms with van der Waals surface area (Å²) in [5.74, 6) is 0. The van der Waals surface area contributed by atoms with E-state index in [-0.39, 0.29) is 10.6 Å². The minimum absolute atomic E-state index is 0.0109. The van der Waals surface area contributed by atoms with Crippen LogP contribution in [0.3, 0.4) is 0 Å². The third-order valence-corrected chi connectivity index (χ3v) is 9.99. The van der Waals surface area contributed by atoms with Crippen LogP contribution in [0.1, 0.15) is 5.56 Å². The second kappa shape index (κ2) is 9.91. The van der Waals surface area contributed by atoms with E-state index in [0.29, 0.717) is 10.6 Å². The molecule has 4 aromatic carbocycles. The number of benzene rings is 4. The predicted molar refractivity (Wildman–Crippen MR) is 137 cm³/mol. The van der Waals surface area contributed by atoms with Gasteiger partial charge in [0.15, 0.2) is 0 Å². The quantitative estimate of drug-likeness (QED) is 0.186. The lowest BCUT2D eigenvalue weighted by Gasteiger charge is -2.26. The molecule has 0 heterocycles. The van der Waals surface area contributed by atoms with E-state index in [0.717, 1.165) is 6.16 Å². The molecular formula is C27H22ClNO2P+. The molecule has 0 atom stereocenters. The molecule has 5 heteroatoms. The van der Waals surface area contributed by atoms with E-state index in [1.165, 1.54) is 22.0 Å². The molecule has 0 amide bonds. The molecule has 0 N–H and O–H groups in total. The van der Waals surface area contributed by atoms with Crippen LogP contribution in [0.15, 0.2) is 115 Å². The fourth-order valence-electron chi connectivity index (χ4n) is 3.96. The lowest BCUT2D eigenvalue weighted by atomic mass is 10.1. The number of nitro groups is 1. The van der Waals surface area contributed by atoms with Gasteiger partial charge in [-0.1, -0.05) is 66.2 Å². The van der Waals surface area contributed by atoms with Gasteiger partial charge < -0.3 is 0 Å². The van der Waals surface area contributed by atoms with Crippen molar-refractivity contribution in [2.75, 3.05) is 6.16 Å². The SMILES string of the molecule is O=[N+]([O-])c1cc(Cl)ccc1/C=C\C[P+](c1ccccc1)(c1ccccc1)c1ccccc1. The van der Waals surface area contributed by atoms with Gasteiger partial charge in [0.25, 0.3) is 5.69 Å². The normalized spacial score (nSPS) is 11.5. The van der Waals surface area contributed by atoms with E-state index < -0.39 is 7.26 Å². The third-order valence-electron chi connectivity index (χ3n) is 5.46. The fourth-order valence-corrected chi connectivity index (χ4v) is 8.12. The molecule has 0 spiro atoms. The summed E-state index contributed by atoms with van der Waals surface area (Å²) >= 11 is 5.98. The van der Waals surface area contributed by atoms with E-state index in [9.17, 15) is 10.1 Å². The Labute approximate surface area is 193 Å². The van der Waals surface area contributed by atoms with Gasteiger partial charge in [0, 0.05) is 11.1 Å². The number of nitro benzene ring substituents is 1.